The molecule has 1 atom stereocenters. The van der Waals surface area contributed by atoms with Gasteiger partial charge in [-0.25, -0.2) is 0 Å². The van der Waals surface area contributed by atoms with E-state index in [-0.39, 0.29) is 6.04 Å². The number of nitrogens with zero attached hydrogens (tertiary/aromatic N) is 2. The van der Waals surface area contributed by atoms with Crippen LogP contribution in [0.25, 0.3) is 0 Å². The van der Waals surface area contributed by atoms with Crippen LogP contribution in [0.1, 0.15) is 22.7 Å². The highest BCUT2D eigenvalue weighted by atomic mass is 15.1. The second-order valence-corrected chi connectivity index (χ2v) is 5.82. The van der Waals surface area contributed by atoms with Gasteiger partial charge >= 0.3 is 0 Å². The van der Waals surface area contributed by atoms with E-state index < -0.39 is 0 Å². The fourth-order valence-corrected chi connectivity index (χ4v) is 2.88. The molecule has 2 heteroatoms. The van der Waals surface area contributed by atoms with Crippen LogP contribution in [0.5, 0.6) is 0 Å². The van der Waals surface area contributed by atoms with E-state index in [0.29, 0.717) is 0 Å². The van der Waals surface area contributed by atoms with Crippen LogP contribution in [0.4, 0.5) is 0 Å². The van der Waals surface area contributed by atoms with Crippen LogP contribution in [-0.2, 0) is 13.1 Å². The van der Waals surface area contributed by atoms with Gasteiger partial charge in [-0.15, -0.1) is 0 Å². The summed E-state index contributed by atoms with van der Waals surface area (Å²) in [6.07, 6.45) is 0. The van der Waals surface area contributed by atoms with Crippen LogP contribution < -0.4 is 0 Å². The molecule has 0 saturated carbocycles. The van der Waals surface area contributed by atoms with Gasteiger partial charge in [0, 0.05) is 13.1 Å². The van der Waals surface area contributed by atoms with Gasteiger partial charge in [-0.3, -0.25) is 4.90 Å². The molecule has 3 aromatic carbocycles. The summed E-state index contributed by atoms with van der Waals surface area (Å²) in [6.45, 7) is 1.48. The highest BCUT2D eigenvalue weighted by Crippen LogP contribution is 2.24. The van der Waals surface area contributed by atoms with Crippen molar-refractivity contribution in [1.82, 2.24) is 4.90 Å². The average Bonchev–Trinajstić information content (AvgIpc) is 2.65. The summed E-state index contributed by atoms with van der Waals surface area (Å²) >= 11 is 0. The third-order valence-electron chi connectivity index (χ3n) is 4.06. The minimum Gasteiger partial charge on any atom is -0.276 e. The molecule has 0 aromatic heterocycles. The number of hydrogen-bond acceptors (Lipinski definition) is 2. The summed E-state index contributed by atoms with van der Waals surface area (Å²) in [6, 6.07) is 32.9. The van der Waals surface area contributed by atoms with Crippen LogP contribution in [0.15, 0.2) is 91.0 Å². The Bertz CT molecular complexity index is 735. The van der Waals surface area contributed by atoms with E-state index in [4.69, 9.17) is 0 Å². The van der Waals surface area contributed by atoms with E-state index in [1.807, 2.05) is 66.7 Å². The van der Waals surface area contributed by atoms with Gasteiger partial charge < -0.3 is 0 Å². The van der Waals surface area contributed by atoms with E-state index in [9.17, 15) is 5.26 Å². The molecule has 2 nitrogen and oxygen atoms in total. The Morgan fingerprint density at radius 3 is 1.50 bits per heavy atom. The summed E-state index contributed by atoms with van der Waals surface area (Å²) in [5, 5.41) is 9.81. The van der Waals surface area contributed by atoms with Crippen molar-refractivity contribution in [1.29, 1.82) is 5.26 Å². The molecule has 0 N–H and O–H groups in total. The van der Waals surface area contributed by atoms with Gasteiger partial charge in [-0.2, -0.15) is 5.26 Å². The molecule has 0 spiro atoms. The van der Waals surface area contributed by atoms with Crippen LogP contribution in [0.3, 0.4) is 0 Å². The smallest absolute Gasteiger partial charge is 0.124 e. The SMILES string of the molecule is N#C[C@@H](c1ccccc1)N(Cc1ccccc1)Cc1ccccc1. The first kappa shape index (κ1) is 16.0. The molecule has 0 fully saturated rings. The first-order chi connectivity index (χ1) is 11.9. The first-order valence-corrected chi connectivity index (χ1v) is 8.13. The van der Waals surface area contributed by atoms with Gasteiger partial charge in [0.05, 0.1) is 6.07 Å². The predicted molar refractivity (Wildman–Crippen MR) is 96.9 cm³/mol. The van der Waals surface area contributed by atoms with Crippen LogP contribution in [0.2, 0.25) is 0 Å². The van der Waals surface area contributed by atoms with Gasteiger partial charge in [0.1, 0.15) is 6.04 Å². The maximum absolute atomic E-state index is 9.81. The van der Waals surface area contributed by atoms with Crippen molar-refractivity contribution >= 4 is 0 Å². The first-order valence-electron chi connectivity index (χ1n) is 8.13. The zero-order valence-electron chi connectivity index (χ0n) is 13.5. The van der Waals surface area contributed by atoms with Crippen molar-refractivity contribution in [3.05, 3.63) is 108 Å². The van der Waals surface area contributed by atoms with Crippen molar-refractivity contribution in [3.63, 3.8) is 0 Å². The predicted octanol–water partition coefficient (Wildman–Crippen LogP) is 4.95. The average molecular weight is 312 g/mol. The molecule has 0 bridgehead atoms. The van der Waals surface area contributed by atoms with E-state index >= 15 is 0 Å². The molecule has 3 rings (SSSR count). The molecule has 0 aliphatic carbocycles. The number of benzene rings is 3. The van der Waals surface area contributed by atoms with Crippen molar-refractivity contribution in [2.24, 2.45) is 0 Å². The van der Waals surface area contributed by atoms with E-state index in [1.165, 1.54) is 11.1 Å². The highest BCUT2D eigenvalue weighted by molar-refractivity contribution is 5.26. The maximum atomic E-state index is 9.81. The molecular weight excluding hydrogens is 292 g/mol. The Morgan fingerprint density at radius 2 is 1.08 bits per heavy atom. The van der Waals surface area contributed by atoms with Crippen molar-refractivity contribution < 1.29 is 0 Å². The molecule has 0 aliphatic heterocycles. The van der Waals surface area contributed by atoms with Gasteiger partial charge in [-0.1, -0.05) is 91.0 Å². The van der Waals surface area contributed by atoms with E-state index in [2.05, 4.69) is 35.2 Å². The zero-order valence-corrected chi connectivity index (χ0v) is 13.5. The molecule has 0 saturated heterocycles. The molecule has 0 unspecified atom stereocenters. The Kier molecular flexibility index (Phi) is 5.40. The molecule has 0 heterocycles. The normalized spacial score (nSPS) is 11.8. The van der Waals surface area contributed by atoms with Gasteiger partial charge in [0.25, 0.3) is 0 Å². The lowest BCUT2D eigenvalue weighted by molar-refractivity contribution is 0.217. The standard InChI is InChI=1S/C22H20N2/c23-16-22(21-14-8-3-9-15-21)24(17-19-10-4-1-5-11-19)18-20-12-6-2-7-13-20/h1-15,22H,17-18H2/t22-/m0/s1. The number of nitriles is 1. The molecule has 0 amide bonds. The fraction of sp³-hybridized carbons (Fsp3) is 0.136. The summed E-state index contributed by atoms with van der Waals surface area (Å²) in [7, 11) is 0. The molecular formula is C22H20N2. The topological polar surface area (TPSA) is 27.0 Å². The lowest BCUT2D eigenvalue weighted by Crippen LogP contribution is -2.27. The van der Waals surface area contributed by atoms with Gasteiger partial charge in [0.2, 0.25) is 0 Å². The Hall–Kier alpha value is -2.89. The Labute approximate surface area is 143 Å². The number of hydrogen-bond donors (Lipinski definition) is 0. The third-order valence-corrected chi connectivity index (χ3v) is 4.06. The van der Waals surface area contributed by atoms with Crippen molar-refractivity contribution in [3.8, 4) is 6.07 Å². The lowest BCUT2D eigenvalue weighted by Gasteiger charge is -2.27. The minimum absolute atomic E-state index is 0.272. The molecule has 118 valence electrons. The lowest BCUT2D eigenvalue weighted by atomic mass is 10.0. The third kappa shape index (κ3) is 4.10. The summed E-state index contributed by atoms with van der Waals surface area (Å²) < 4.78 is 0. The molecule has 24 heavy (non-hydrogen) atoms. The summed E-state index contributed by atoms with van der Waals surface area (Å²) in [4.78, 5) is 2.22. The Morgan fingerprint density at radius 1 is 0.667 bits per heavy atom. The monoisotopic (exact) mass is 312 g/mol. The maximum Gasteiger partial charge on any atom is 0.124 e. The van der Waals surface area contributed by atoms with Gasteiger partial charge in [-0.05, 0) is 16.7 Å². The zero-order chi connectivity index (χ0) is 16.6. The van der Waals surface area contributed by atoms with Crippen molar-refractivity contribution in [2.75, 3.05) is 0 Å². The van der Waals surface area contributed by atoms with Gasteiger partial charge in [0.15, 0.2) is 0 Å². The molecule has 0 aliphatic rings. The molecule has 0 radical (unpaired) electrons. The molecule has 3 aromatic rings. The van der Waals surface area contributed by atoms with Crippen LogP contribution in [0, 0.1) is 11.3 Å². The minimum atomic E-state index is -0.272. The Balaban J connectivity index is 1.90. The van der Waals surface area contributed by atoms with Crippen LogP contribution >= 0.6 is 0 Å². The number of rotatable bonds is 6. The fourth-order valence-electron chi connectivity index (χ4n) is 2.88. The quantitative estimate of drug-likeness (QED) is 0.643. The second kappa shape index (κ2) is 8.10. The van der Waals surface area contributed by atoms with Crippen LogP contribution in [-0.4, -0.2) is 4.90 Å². The van der Waals surface area contributed by atoms with E-state index in [0.717, 1.165) is 18.7 Å². The highest BCUT2D eigenvalue weighted by Gasteiger charge is 2.20. The summed E-state index contributed by atoms with van der Waals surface area (Å²) in [5.74, 6) is 0. The largest absolute Gasteiger partial charge is 0.276 e. The van der Waals surface area contributed by atoms with Crippen molar-refractivity contribution in [2.45, 2.75) is 19.1 Å². The van der Waals surface area contributed by atoms with E-state index in [1.54, 1.807) is 0 Å². The summed E-state index contributed by atoms with van der Waals surface area (Å²) in [5.41, 5.74) is 3.46. The second-order valence-electron chi connectivity index (χ2n) is 5.82.